The van der Waals surface area contributed by atoms with Crippen LogP contribution in [0, 0.1) is 0 Å². The van der Waals surface area contributed by atoms with Crippen molar-refractivity contribution < 1.29 is 8.42 Å². The van der Waals surface area contributed by atoms with Crippen LogP contribution in [0.5, 0.6) is 0 Å². The van der Waals surface area contributed by atoms with Crippen molar-refractivity contribution in [2.75, 3.05) is 5.75 Å². The molecule has 1 aliphatic heterocycles. The first-order chi connectivity index (χ1) is 8.06. The molecule has 2 rings (SSSR count). The molecule has 1 saturated heterocycles. The molecular formula is C10H15ClN2O2S2. The summed E-state index contributed by atoms with van der Waals surface area (Å²) in [4.78, 5) is 0.810. The molecule has 2 atom stereocenters. The molecule has 0 aromatic carbocycles. The van der Waals surface area contributed by atoms with E-state index >= 15 is 0 Å². The quantitative estimate of drug-likeness (QED) is 0.659. The number of hydrogen-bond donors (Lipinski definition) is 2. The average molecular weight is 295 g/mol. The zero-order valence-electron chi connectivity index (χ0n) is 9.23. The summed E-state index contributed by atoms with van der Waals surface area (Å²) in [5.74, 6) is 5.77. The van der Waals surface area contributed by atoms with Gasteiger partial charge < -0.3 is 0 Å². The standard InChI is InChI=1S/C10H15ClN2O2S2/c11-7-4-5-16-10(7)9(13-12)8-3-1-2-6-17(8,14)15/h4-5,8-9,13H,1-3,6,12H2. The lowest BCUT2D eigenvalue weighted by molar-refractivity contribution is 0.458. The SMILES string of the molecule is NNC(c1sccc1Cl)C1CCCCS1(=O)=O. The van der Waals surface area contributed by atoms with Crippen LogP contribution in [0.4, 0.5) is 0 Å². The van der Waals surface area contributed by atoms with Crippen molar-refractivity contribution in [3.05, 3.63) is 21.3 Å². The van der Waals surface area contributed by atoms with E-state index in [1.807, 2.05) is 5.38 Å². The van der Waals surface area contributed by atoms with Gasteiger partial charge in [-0.1, -0.05) is 18.0 Å². The Morgan fingerprint density at radius 3 is 2.82 bits per heavy atom. The van der Waals surface area contributed by atoms with Crippen molar-refractivity contribution in [2.45, 2.75) is 30.6 Å². The van der Waals surface area contributed by atoms with Gasteiger partial charge in [-0.2, -0.15) is 0 Å². The van der Waals surface area contributed by atoms with Crippen LogP contribution in [-0.4, -0.2) is 19.4 Å². The third kappa shape index (κ3) is 2.66. The first kappa shape index (κ1) is 13.3. The van der Waals surface area contributed by atoms with Gasteiger partial charge in [-0.05, 0) is 24.3 Å². The molecule has 1 aromatic heterocycles. The molecule has 96 valence electrons. The predicted octanol–water partition coefficient (Wildman–Crippen LogP) is 1.87. The van der Waals surface area contributed by atoms with E-state index in [0.29, 0.717) is 11.4 Å². The van der Waals surface area contributed by atoms with Crippen molar-refractivity contribution in [1.29, 1.82) is 0 Å². The Morgan fingerprint density at radius 2 is 2.29 bits per heavy atom. The van der Waals surface area contributed by atoms with Crippen LogP contribution in [0.3, 0.4) is 0 Å². The zero-order chi connectivity index (χ0) is 12.5. The summed E-state index contributed by atoms with van der Waals surface area (Å²) in [5.41, 5.74) is 2.62. The Bertz CT molecular complexity index is 486. The summed E-state index contributed by atoms with van der Waals surface area (Å²) in [5, 5.41) is 1.97. The van der Waals surface area contributed by atoms with Crippen LogP contribution < -0.4 is 11.3 Å². The summed E-state index contributed by atoms with van der Waals surface area (Å²) in [6, 6.07) is 1.37. The molecule has 3 N–H and O–H groups in total. The van der Waals surface area contributed by atoms with E-state index in [4.69, 9.17) is 17.4 Å². The molecule has 0 aliphatic carbocycles. The molecule has 4 nitrogen and oxygen atoms in total. The highest BCUT2D eigenvalue weighted by Crippen LogP contribution is 2.36. The normalized spacial score (nSPS) is 25.6. The maximum atomic E-state index is 12.1. The van der Waals surface area contributed by atoms with Gasteiger partial charge in [-0.15, -0.1) is 11.3 Å². The Morgan fingerprint density at radius 1 is 1.53 bits per heavy atom. The van der Waals surface area contributed by atoms with Gasteiger partial charge in [0.05, 0.1) is 22.1 Å². The molecule has 2 unspecified atom stereocenters. The van der Waals surface area contributed by atoms with E-state index in [0.717, 1.165) is 17.7 Å². The molecular weight excluding hydrogens is 280 g/mol. The fraction of sp³-hybridized carbons (Fsp3) is 0.600. The minimum atomic E-state index is -3.07. The maximum Gasteiger partial charge on any atom is 0.155 e. The monoisotopic (exact) mass is 294 g/mol. The minimum Gasteiger partial charge on any atom is -0.271 e. The fourth-order valence-corrected chi connectivity index (χ4v) is 5.68. The Kier molecular flexibility index (Phi) is 4.10. The minimum absolute atomic E-state index is 0.249. The lowest BCUT2D eigenvalue weighted by Gasteiger charge is -2.29. The number of thiophene rings is 1. The van der Waals surface area contributed by atoms with E-state index in [1.54, 1.807) is 6.07 Å². The second-order valence-electron chi connectivity index (χ2n) is 4.18. The molecule has 17 heavy (non-hydrogen) atoms. The third-order valence-electron chi connectivity index (χ3n) is 3.11. The highest BCUT2D eigenvalue weighted by Gasteiger charge is 2.37. The Labute approximate surface area is 110 Å². The lowest BCUT2D eigenvalue weighted by atomic mass is 10.1. The fourth-order valence-electron chi connectivity index (χ4n) is 2.23. The van der Waals surface area contributed by atoms with E-state index in [9.17, 15) is 8.42 Å². The molecule has 0 radical (unpaired) electrons. The number of halogens is 1. The highest BCUT2D eigenvalue weighted by atomic mass is 35.5. The van der Waals surface area contributed by atoms with Gasteiger partial charge in [0.25, 0.3) is 0 Å². The number of nitrogens with two attached hydrogens (primary N) is 1. The number of hydrogen-bond acceptors (Lipinski definition) is 5. The van der Waals surface area contributed by atoms with Crippen LogP contribution in [0.25, 0.3) is 0 Å². The Hall–Kier alpha value is -0.140. The van der Waals surface area contributed by atoms with E-state index in [-0.39, 0.29) is 5.75 Å². The molecule has 1 aromatic rings. The molecule has 0 bridgehead atoms. The number of nitrogens with one attached hydrogen (secondary N) is 1. The zero-order valence-corrected chi connectivity index (χ0v) is 11.6. The van der Waals surface area contributed by atoms with Gasteiger partial charge in [0.2, 0.25) is 0 Å². The van der Waals surface area contributed by atoms with Gasteiger partial charge in [0, 0.05) is 4.88 Å². The predicted molar refractivity (Wildman–Crippen MR) is 70.8 cm³/mol. The van der Waals surface area contributed by atoms with E-state index in [2.05, 4.69) is 5.43 Å². The van der Waals surface area contributed by atoms with Gasteiger partial charge in [0.1, 0.15) is 0 Å². The highest BCUT2D eigenvalue weighted by molar-refractivity contribution is 7.92. The molecule has 1 aliphatic rings. The first-order valence-corrected chi connectivity index (χ1v) is 8.44. The van der Waals surface area contributed by atoms with Crippen LogP contribution in [-0.2, 0) is 9.84 Å². The van der Waals surface area contributed by atoms with Crippen molar-refractivity contribution in [3.8, 4) is 0 Å². The second-order valence-corrected chi connectivity index (χ2v) is 7.87. The number of hydrazine groups is 1. The van der Waals surface area contributed by atoms with Crippen molar-refractivity contribution in [3.63, 3.8) is 0 Å². The molecule has 2 heterocycles. The smallest absolute Gasteiger partial charge is 0.155 e. The van der Waals surface area contributed by atoms with Crippen LogP contribution in [0.15, 0.2) is 11.4 Å². The number of rotatable bonds is 3. The molecule has 7 heteroatoms. The van der Waals surface area contributed by atoms with Crippen LogP contribution >= 0.6 is 22.9 Å². The van der Waals surface area contributed by atoms with Crippen molar-refractivity contribution in [1.82, 2.24) is 5.43 Å². The molecule has 1 fully saturated rings. The van der Waals surface area contributed by atoms with Gasteiger partial charge in [-0.25, -0.2) is 8.42 Å². The molecule has 0 amide bonds. The molecule has 0 saturated carbocycles. The first-order valence-electron chi connectivity index (χ1n) is 5.47. The summed E-state index contributed by atoms with van der Waals surface area (Å²) >= 11 is 7.48. The third-order valence-corrected chi connectivity index (χ3v) is 6.84. The summed E-state index contributed by atoms with van der Waals surface area (Å²) < 4.78 is 24.1. The second kappa shape index (κ2) is 5.24. The number of sulfone groups is 1. The average Bonchev–Trinajstić information content (AvgIpc) is 2.68. The molecule has 0 spiro atoms. The summed E-state index contributed by atoms with van der Waals surface area (Å²) in [6.45, 7) is 0. The largest absolute Gasteiger partial charge is 0.271 e. The summed E-state index contributed by atoms with van der Waals surface area (Å²) in [7, 11) is -3.07. The summed E-state index contributed by atoms with van der Waals surface area (Å²) in [6.07, 6.45) is 2.31. The topological polar surface area (TPSA) is 72.2 Å². The Balaban J connectivity index is 2.33. The maximum absolute atomic E-state index is 12.1. The lowest BCUT2D eigenvalue weighted by Crippen LogP contribution is -2.43. The van der Waals surface area contributed by atoms with Gasteiger partial charge in [0.15, 0.2) is 9.84 Å². The van der Waals surface area contributed by atoms with Gasteiger partial charge in [-0.3, -0.25) is 11.3 Å². The van der Waals surface area contributed by atoms with E-state index in [1.165, 1.54) is 11.3 Å². The van der Waals surface area contributed by atoms with Crippen LogP contribution in [0.2, 0.25) is 5.02 Å². The van der Waals surface area contributed by atoms with E-state index < -0.39 is 21.1 Å². The van der Waals surface area contributed by atoms with Crippen molar-refractivity contribution >= 4 is 32.8 Å². The van der Waals surface area contributed by atoms with Crippen molar-refractivity contribution in [2.24, 2.45) is 5.84 Å². The van der Waals surface area contributed by atoms with Gasteiger partial charge >= 0.3 is 0 Å². The van der Waals surface area contributed by atoms with Crippen LogP contribution in [0.1, 0.15) is 30.2 Å².